The molecule has 1 aliphatic heterocycles. The molecule has 0 spiro atoms. The van der Waals surface area contributed by atoms with E-state index in [9.17, 15) is 19.5 Å². The Morgan fingerprint density at radius 2 is 1.78 bits per heavy atom. The fourth-order valence-corrected chi connectivity index (χ4v) is 4.95. The van der Waals surface area contributed by atoms with Gasteiger partial charge < -0.3 is 39.8 Å². The van der Waals surface area contributed by atoms with Crippen molar-refractivity contribution in [3.05, 3.63) is 98.7 Å². The molecule has 0 fully saturated rings. The highest BCUT2D eigenvalue weighted by molar-refractivity contribution is 9.10. The second-order valence-corrected chi connectivity index (χ2v) is 10.7. The Bertz CT molecular complexity index is 1640. The van der Waals surface area contributed by atoms with E-state index in [4.69, 9.17) is 24.1 Å². The van der Waals surface area contributed by atoms with Crippen LogP contribution in [0, 0.1) is 0 Å². The van der Waals surface area contributed by atoms with Crippen LogP contribution < -0.4 is 30.3 Å². The van der Waals surface area contributed by atoms with E-state index in [-0.39, 0.29) is 24.4 Å². The Morgan fingerprint density at radius 3 is 2.46 bits per heavy atom. The first-order chi connectivity index (χ1) is 22.1. The Morgan fingerprint density at radius 1 is 1.04 bits per heavy atom. The number of nitrogens with zero attached hydrogens (tertiary/aromatic N) is 1. The lowest BCUT2D eigenvalue weighted by atomic mass is 9.95. The smallest absolute Gasteiger partial charge is 0.337 e. The van der Waals surface area contributed by atoms with Crippen LogP contribution in [0.1, 0.15) is 46.9 Å². The van der Waals surface area contributed by atoms with Crippen LogP contribution in [-0.4, -0.2) is 60.9 Å². The van der Waals surface area contributed by atoms with E-state index < -0.39 is 30.2 Å². The highest BCUT2D eigenvalue weighted by Gasteiger charge is 2.32. The molecular weight excluding hydrogens is 664 g/mol. The first-order valence-corrected chi connectivity index (χ1v) is 14.9. The molecule has 0 saturated carbocycles. The summed E-state index contributed by atoms with van der Waals surface area (Å²) in [6.45, 7) is 3.83. The number of methoxy groups -OCH3 is 1. The van der Waals surface area contributed by atoms with Crippen molar-refractivity contribution in [1.82, 2.24) is 16.1 Å². The number of hydrogen-bond acceptors (Lipinski definition) is 10. The minimum absolute atomic E-state index is 0.169. The van der Waals surface area contributed by atoms with E-state index in [1.54, 1.807) is 62.4 Å². The predicted octanol–water partition coefficient (Wildman–Crippen LogP) is 4.25. The van der Waals surface area contributed by atoms with E-state index in [2.05, 4.69) is 37.1 Å². The van der Waals surface area contributed by atoms with Crippen molar-refractivity contribution in [1.29, 1.82) is 0 Å². The normalized spacial score (nSPS) is 15.1. The number of nitrogens with one attached hydrogen (secondary N) is 3. The van der Waals surface area contributed by atoms with Gasteiger partial charge in [-0.25, -0.2) is 14.4 Å². The van der Waals surface area contributed by atoms with Gasteiger partial charge in [0.25, 0.3) is 0 Å². The number of esters is 1. The van der Waals surface area contributed by atoms with E-state index in [0.717, 1.165) is 11.1 Å². The number of carbonyl (C=O) groups is 3. The highest BCUT2D eigenvalue weighted by Crippen LogP contribution is 2.35. The van der Waals surface area contributed by atoms with Crippen LogP contribution in [0.4, 0.5) is 4.79 Å². The quantitative estimate of drug-likeness (QED) is 0.0709. The van der Waals surface area contributed by atoms with Gasteiger partial charge >= 0.3 is 18.0 Å². The SMILES string of the molecule is CCOc1cc([C@H]2NC(=O)NC(C)=C2C(=O)OC)ccc1OC[C@H](O)N/N=C\c1ccc(OCc2ccc(C(=O)O)cc2)c(Br)c1. The van der Waals surface area contributed by atoms with Crippen LogP contribution in [0.25, 0.3) is 0 Å². The third kappa shape index (κ3) is 8.76. The van der Waals surface area contributed by atoms with Crippen molar-refractivity contribution < 1.29 is 43.5 Å². The Labute approximate surface area is 273 Å². The topological polar surface area (TPSA) is 177 Å². The lowest BCUT2D eigenvalue weighted by molar-refractivity contribution is -0.136. The predicted molar refractivity (Wildman–Crippen MR) is 171 cm³/mol. The number of allylic oxidation sites excluding steroid dienone is 1. The molecule has 242 valence electrons. The highest BCUT2D eigenvalue weighted by atomic mass is 79.9. The molecule has 3 aromatic rings. The van der Waals surface area contributed by atoms with E-state index in [1.807, 2.05) is 0 Å². The minimum Gasteiger partial charge on any atom is -0.490 e. The summed E-state index contributed by atoms with van der Waals surface area (Å²) in [5.41, 5.74) is 5.57. The lowest BCUT2D eigenvalue weighted by Gasteiger charge is -2.28. The Kier molecular flexibility index (Phi) is 11.6. The largest absolute Gasteiger partial charge is 0.490 e. The monoisotopic (exact) mass is 696 g/mol. The molecule has 46 heavy (non-hydrogen) atoms. The molecule has 2 atom stereocenters. The van der Waals surface area contributed by atoms with Crippen LogP contribution in [0.5, 0.6) is 17.2 Å². The molecule has 13 nitrogen and oxygen atoms in total. The zero-order valence-corrected chi connectivity index (χ0v) is 26.8. The van der Waals surface area contributed by atoms with Gasteiger partial charge in [-0.1, -0.05) is 18.2 Å². The van der Waals surface area contributed by atoms with Gasteiger partial charge in [-0.05, 0) is 88.9 Å². The molecule has 2 amide bonds. The number of amides is 2. The summed E-state index contributed by atoms with van der Waals surface area (Å²) in [5, 5.41) is 28.8. The number of hydrogen-bond donors (Lipinski definition) is 5. The number of halogens is 1. The van der Waals surface area contributed by atoms with Crippen LogP contribution in [0.2, 0.25) is 0 Å². The molecular formula is C32H33BrN4O9. The molecule has 0 aliphatic carbocycles. The fourth-order valence-electron chi connectivity index (χ4n) is 4.44. The average Bonchev–Trinajstić information content (AvgIpc) is 3.03. The molecule has 1 heterocycles. The zero-order valence-electron chi connectivity index (χ0n) is 25.2. The van der Waals surface area contributed by atoms with Crippen LogP contribution in [-0.2, 0) is 16.1 Å². The number of benzene rings is 3. The molecule has 5 N–H and O–H groups in total. The number of urea groups is 1. The average molecular weight is 698 g/mol. The van der Waals surface area contributed by atoms with Crippen molar-refractivity contribution in [3.8, 4) is 17.2 Å². The van der Waals surface area contributed by atoms with Crippen molar-refractivity contribution in [2.24, 2.45) is 5.10 Å². The molecule has 4 rings (SSSR count). The molecule has 0 aromatic heterocycles. The summed E-state index contributed by atoms with van der Waals surface area (Å²) < 4.78 is 22.9. The van der Waals surface area contributed by atoms with Gasteiger partial charge in [0, 0.05) is 5.70 Å². The summed E-state index contributed by atoms with van der Waals surface area (Å²) in [5.74, 6) is -0.281. The number of rotatable bonds is 14. The van der Waals surface area contributed by atoms with E-state index in [1.165, 1.54) is 25.5 Å². The summed E-state index contributed by atoms with van der Waals surface area (Å²) in [6.07, 6.45) is 0.356. The Hall–Kier alpha value is -5.08. The maximum Gasteiger partial charge on any atom is 0.337 e. The van der Waals surface area contributed by atoms with E-state index in [0.29, 0.717) is 39.6 Å². The fraction of sp³-hybridized carbons (Fsp3) is 0.250. The Balaban J connectivity index is 1.33. The molecule has 0 radical (unpaired) electrons. The van der Waals surface area contributed by atoms with Gasteiger partial charge in [-0.2, -0.15) is 5.10 Å². The second kappa shape index (κ2) is 15.8. The standard InChI is InChI=1S/C32H33BrN4O9/c1-4-44-26-14-22(29-28(31(41)43-3)18(2)35-32(42)36-29)10-12-25(26)46-17-27(38)37-34-15-20-7-11-24(23(33)13-20)45-16-19-5-8-21(9-6-19)30(39)40/h5-15,27,29,37-38H,4,16-17H2,1-3H3,(H,39,40)(H2,35,36,42)/b34-15-/t27-,29+/m0/s1. The summed E-state index contributed by atoms with van der Waals surface area (Å²) >= 11 is 3.48. The third-order valence-corrected chi connectivity index (χ3v) is 7.28. The van der Waals surface area contributed by atoms with Crippen LogP contribution >= 0.6 is 15.9 Å². The van der Waals surface area contributed by atoms with Gasteiger partial charge in [0.1, 0.15) is 19.0 Å². The number of carboxylic acid groups (broad SMARTS) is 1. The first kappa shape index (κ1) is 33.8. The molecule has 0 unspecified atom stereocenters. The van der Waals surface area contributed by atoms with Crippen molar-refractivity contribution >= 4 is 40.1 Å². The third-order valence-electron chi connectivity index (χ3n) is 6.66. The number of ether oxygens (including phenoxy) is 4. The number of carbonyl (C=O) groups excluding carboxylic acids is 2. The second-order valence-electron chi connectivity index (χ2n) is 9.90. The van der Waals surface area contributed by atoms with Gasteiger partial charge in [-0.3, -0.25) is 5.43 Å². The summed E-state index contributed by atoms with van der Waals surface area (Å²) in [6, 6.07) is 15.5. The van der Waals surface area contributed by atoms with Gasteiger partial charge in [0.05, 0.1) is 41.6 Å². The van der Waals surface area contributed by atoms with Crippen LogP contribution in [0.15, 0.2) is 81.5 Å². The first-order valence-electron chi connectivity index (χ1n) is 14.1. The molecule has 1 aliphatic rings. The van der Waals surface area contributed by atoms with Crippen molar-refractivity contribution in [3.63, 3.8) is 0 Å². The van der Waals surface area contributed by atoms with Crippen molar-refractivity contribution in [2.45, 2.75) is 32.7 Å². The number of aliphatic hydroxyl groups excluding tert-OH is 1. The lowest BCUT2D eigenvalue weighted by Crippen LogP contribution is -2.45. The summed E-state index contributed by atoms with van der Waals surface area (Å²) in [4.78, 5) is 35.6. The maximum absolute atomic E-state index is 12.4. The van der Waals surface area contributed by atoms with Crippen molar-refractivity contribution in [2.75, 3.05) is 20.3 Å². The summed E-state index contributed by atoms with van der Waals surface area (Å²) in [7, 11) is 1.27. The van der Waals surface area contributed by atoms with E-state index >= 15 is 0 Å². The number of aromatic carboxylic acids is 1. The van der Waals surface area contributed by atoms with Crippen LogP contribution in [0.3, 0.4) is 0 Å². The van der Waals surface area contributed by atoms with Gasteiger partial charge in [0.2, 0.25) is 0 Å². The zero-order chi connectivity index (χ0) is 33.2. The van der Waals surface area contributed by atoms with Gasteiger partial charge in [-0.15, -0.1) is 0 Å². The number of carboxylic acids is 1. The molecule has 0 bridgehead atoms. The molecule has 14 heteroatoms. The number of aliphatic hydroxyl groups is 1. The van der Waals surface area contributed by atoms with Gasteiger partial charge in [0.15, 0.2) is 17.7 Å². The molecule has 0 saturated heterocycles. The minimum atomic E-state index is -1.16. The number of hydrazone groups is 1. The maximum atomic E-state index is 12.4. The molecule has 3 aromatic carbocycles.